The number of rotatable bonds is 3. The molecule has 0 aromatic carbocycles. The highest BCUT2D eigenvalue weighted by Crippen LogP contribution is 2.16. The molecule has 0 aliphatic rings. The Labute approximate surface area is 82.0 Å². The molecule has 0 amide bonds. The third-order valence-electron chi connectivity index (χ3n) is 2.05. The first kappa shape index (κ1) is 10.3. The van der Waals surface area contributed by atoms with Crippen LogP contribution in [-0.4, -0.2) is 16.2 Å². The van der Waals surface area contributed by atoms with Crippen molar-refractivity contribution < 1.29 is 0 Å². The molecule has 72 valence electrons. The summed E-state index contributed by atoms with van der Waals surface area (Å²) >= 11 is 1.46. The molecule has 1 rings (SSSR count). The molecule has 3 nitrogen and oxygen atoms in total. The van der Waals surface area contributed by atoms with E-state index < -0.39 is 0 Å². The Bertz CT molecular complexity index is 335. The van der Waals surface area contributed by atoms with Crippen LogP contribution < -0.4 is 5.56 Å². The van der Waals surface area contributed by atoms with Crippen LogP contribution in [0.15, 0.2) is 16.0 Å². The van der Waals surface area contributed by atoms with Crippen molar-refractivity contribution in [1.29, 1.82) is 0 Å². The van der Waals surface area contributed by atoms with E-state index in [2.05, 4.69) is 23.8 Å². The molecule has 0 spiro atoms. The van der Waals surface area contributed by atoms with Gasteiger partial charge in [-0.2, -0.15) is 0 Å². The van der Waals surface area contributed by atoms with Crippen LogP contribution in [0.1, 0.15) is 31.9 Å². The van der Waals surface area contributed by atoms with Gasteiger partial charge in [-0.15, -0.1) is 0 Å². The van der Waals surface area contributed by atoms with Gasteiger partial charge >= 0.3 is 0 Å². The molecule has 0 saturated carbocycles. The van der Waals surface area contributed by atoms with Gasteiger partial charge in [0, 0.05) is 6.07 Å². The summed E-state index contributed by atoms with van der Waals surface area (Å²) in [5.74, 6) is 0.355. The van der Waals surface area contributed by atoms with Gasteiger partial charge in [0.05, 0.1) is 5.69 Å². The second-order valence-corrected chi connectivity index (χ2v) is 3.78. The molecule has 0 aliphatic carbocycles. The lowest BCUT2D eigenvalue weighted by molar-refractivity contribution is 0.685. The molecule has 1 atom stereocenters. The van der Waals surface area contributed by atoms with Crippen molar-refractivity contribution in [3.8, 4) is 0 Å². The van der Waals surface area contributed by atoms with Crippen LogP contribution in [-0.2, 0) is 0 Å². The van der Waals surface area contributed by atoms with Crippen LogP contribution >= 0.6 is 11.8 Å². The Morgan fingerprint density at radius 3 is 2.92 bits per heavy atom. The van der Waals surface area contributed by atoms with E-state index in [1.807, 2.05) is 6.26 Å². The zero-order chi connectivity index (χ0) is 9.84. The average molecular weight is 198 g/mol. The Kier molecular flexibility index (Phi) is 3.54. The summed E-state index contributed by atoms with van der Waals surface area (Å²) in [6, 6.07) is 1.58. The van der Waals surface area contributed by atoms with Crippen LogP contribution in [0.3, 0.4) is 0 Å². The Balaban J connectivity index is 3.08. The smallest absolute Gasteiger partial charge is 0.251 e. The highest BCUT2D eigenvalue weighted by molar-refractivity contribution is 7.98. The molecule has 0 radical (unpaired) electrons. The normalized spacial score (nSPS) is 12.8. The summed E-state index contributed by atoms with van der Waals surface area (Å²) in [5.41, 5.74) is 0.824. The molecular weight excluding hydrogens is 184 g/mol. The summed E-state index contributed by atoms with van der Waals surface area (Å²) in [6.45, 7) is 4.16. The molecular formula is C9H14N2OS. The minimum Gasteiger partial charge on any atom is -0.301 e. The minimum absolute atomic E-state index is 0.0605. The van der Waals surface area contributed by atoms with Gasteiger partial charge in [0.25, 0.3) is 5.56 Å². The predicted octanol–water partition coefficient (Wildman–Crippen LogP) is 2.01. The first-order valence-corrected chi connectivity index (χ1v) is 5.55. The van der Waals surface area contributed by atoms with E-state index in [0.717, 1.165) is 12.1 Å². The largest absolute Gasteiger partial charge is 0.301 e. The SMILES string of the molecule is CCC(C)c1cc(=O)[nH]c(SC)n1. The fraction of sp³-hybridized carbons (Fsp3) is 0.556. The second kappa shape index (κ2) is 4.46. The van der Waals surface area contributed by atoms with E-state index in [-0.39, 0.29) is 5.56 Å². The monoisotopic (exact) mass is 198 g/mol. The van der Waals surface area contributed by atoms with Gasteiger partial charge in [-0.25, -0.2) is 4.98 Å². The molecule has 13 heavy (non-hydrogen) atoms. The molecule has 1 aromatic rings. The summed E-state index contributed by atoms with van der Waals surface area (Å²) in [5, 5.41) is 0.697. The summed E-state index contributed by atoms with van der Waals surface area (Å²) in [7, 11) is 0. The molecule has 0 saturated heterocycles. The van der Waals surface area contributed by atoms with Crippen molar-refractivity contribution in [2.75, 3.05) is 6.26 Å². The lowest BCUT2D eigenvalue weighted by atomic mass is 10.1. The Morgan fingerprint density at radius 2 is 2.38 bits per heavy atom. The summed E-state index contributed by atoms with van der Waals surface area (Å²) < 4.78 is 0. The Hall–Kier alpha value is -0.770. The maximum atomic E-state index is 11.2. The van der Waals surface area contributed by atoms with Gasteiger partial charge in [-0.05, 0) is 18.6 Å². The van der Waals surface area contributed by atoms with Gasteiger partial charge in [0.15, 0.2) is 5.16 Å². The highest BCUT2D eigenvalue weighted by Gasteiger charge is 2.06. The third-order valence-corrected chi connectivity index (χ3v) is 2.63. The van der Waals surface area contributed by atoms with Crippen LogP contribution in [0.5, 0.6) is 0 Å². The standard InChI is InChI=1S/C9H14N2OS/c1-4-6(2)7-5-8(12)11-9(10-7)13-3/h5-6H,4H2,1-3H3,(H,10,11,12). The molecule has 1 N–H and O–H groups in total. The maximum Gasteiger partial charge on any atom is 0.251 e. The number of H-pyrrole nitrogens is 1. The Morgan fingerprint density at radius 1 is 1.69 bits per heavy atom. The van der Waals surface area contributed by atoms with Crippen molar-refractivity contribution in [1.82, 2.24) is 9.97 Å². The number of hydrogen-bond donors (Lipinski definition) is 1. The van der Waals surface area contributed by atoms with Crippen molar-refractivity contribution in [3.63, 3.8) is 0 Å². The van der Waals surface area contributed by atoms with E-state index >= 15 is 0 Å². The minimum atomic E-state index is -0.0605. The third kappa shape index (κ3) is 2.59. The number of aromatic amines is 1. The van der Waals surface area contributed by atoms with E-state index in [0.29, 0.717) is 11.1 Å². The molecule has 0 aliphatic heterocycles. The molecule has 1 heterocycles. The lowest BCUT2D eigenvalue weighted by Crippen LogP contribution is -2.11. The van der Waals surface area contributed by atoms with Gasteiger partial charge in [-0.1, -0.05) is 25.6 Å². The second-order valence-electron chi connectivity index (χ2n) is 2.99. The topological polar surface area (TPSA) is 45.8 Å². The molecule has 4 heteroatoms. The summed E-state index contributed by atoms with van der Waals surface area (Å²) in [6.07, 6.45) is 2.91. The lowest BCUT2D eigenvalue weighted by Gasteiger charge is -2.07. The van der Waals surface area contributed by atoms with Crippen LogP contribution in [0.25, 0.3) is 0 Å². The zero-order valence-corrected chi connectivity index (χ0v) is 8.94. The van der Waals surface area contributed by atoms with Gasteiger partial charge in [-0.3, -0.25) is 4.79 Å². The zero-order valence-electron chi connectivity index (χ0n) is 8.13. The highest BCUT2D eigenvalue weighted by atomic mass is 32.2. The predicted molar refractivity (Wildman–Crippen MR) is 55.3 cm³/mol. The van der Waals surface area contributed by atoms with Crippen molar-refractivity contribution in [2.45, 2.75) is 31.3 Å². The number of nitrogens with one attached hydrogen (secondary N) is 1. The quantitative estimate of drug-likeness (QED) is 0.597. The van der Waals surface area contributed by atoms with Crippen LogP contribution in [0.2, 0.25) is 0 Å². The van der Waals surface area contributed by atoms with Gasteiger partial charge < -0.3 is 4.98 Å². The molecule has 1 unspecified atom stereocenters. The fourth-order valence-electron chi connectivity index (χ4n) is 1.01. The number of hydrogen-bond acceptors (Lipinski definition) is 3. The summed E-state index contributed by atoms with van der Waals surface area (Å²) in [4.78, 5) is 18.2. The number of thioether (sulfide) groups is 1. The maximum absolute atomic E-state index is 11.2. The first-order chi connectivity index (χ1) is 6.17. The molecule has 1 aromatic heterocycles. The van der Waals surface area contributed by atoms with Crippen molar-refractivity contribution in [2.24, 2.45) is 0 Å². The van der Waals surface area contributed by atoms with Crippen LogP contribution in [0.4, 0.5) is 0 Å². The van der Waals surface area contributed by atoms with E-state index in [1.165, 1.54) is 11.8 Å². The number of nitrogens with zero attached hydrogens (tertiary/aromatic N) is 1. The average Bonchev–Trinajstić information content (AvgIpc) is 2.15. The van der Waals surface area contributed by atoms with Gasteiger partial charge in [0.1, 0.15) is 0 Å². The van der Waals surface area contributed by atoms with E-state index in [4.69, 9.17) is 0 Å². The fourth-order valence-corrected chi connectivity index (χ4v) is 1.41. The first-order valence-electron chi connectivity index (χ1n) is 4.32. The van der Waals surface area contributed by atoms with Crippen molar-refractivity contribution in [3.05, 3.63) is 22.1 Å². The van der Waals surface area contributed by atoms with E-state index in [9.17, 15) is 4.79 Å². The molecule has 0 bridgehead atoms. The van der Waals surface area contributed by atoms with E-state index in [1.54, 1.807) is 6.07 Å². The van der Waals surface area contributed by atoms with Gasteiger partial charge in [0.2, 0.25) is 0 Å². The van der Waals surface area contributed by atoms with Crippen molar-refractivity contribution >= 4 is 11.8 Å². The van der Waals surface area contributed by atoms with Crippen LogP contribution in [0, 0.1) is 0 Å². The number of aromatic nitrogens is 2. The molecule has 0 fully saturated rings.